The second-order valence-corrected chi connectivity index (χ2v) is 15.0. The van der Waals surface area contributed by atoms with Crippen LogP contribution >= 0.6 is 0 Å². The molecule has 0 saturated carbocycles. The maximum Gasteiger partial charge on any atom is 0.00102 e. The summed E-state index contributed by atoms with van der Waals surface area (Å²) >= 11 is 0. The molecule has 0 nitrogen and oxygen atoms in total. The topological polar surface area (TPSA) is 0 Å². The molecule has 0 heterocycles. The van der Waals surface area contributed by atoms with Crippen LogP contribution in [0.1, 0.15) is 61.8 Å². The third-order valence-corrected chi connectivity index (χ3v) is 12.0. The van der Waals surface area contributed by atoms with Gasteiger partial charge in [0.1, 0.15) is 0 Å². The van der Waals surface area contributed by atoms with E-state index < -0.39 is 0 Å². The van der Waals surface area contributed by atoms with E-state index in [1.165, 1.54) is 82.0 Å². The second kappa shape index (κ2) is 8.86. The molecule has 0 aromatic heterocycles. The molecule has 0 amide bonds. The molecule has 2 unspecified atom stereocenters. The van der Waals surface area contributed by atoms with Gasteiger partial charge in [0.05, 0.1) is 0 Å². The average Bonchev–Trinajstić information content (AvgIpc) is 3.48. The molecule has 8 aromatic rings. The molecular weight excluding hydrogens is 553 g/mol. The highest BCUT2D eigenvalue weighted by Crippen LogP contribution is 2.67. The fourth-order valence-electron chi connectivity index (χ4n) is 9.87. The molecule has 0 N–H and O–H groups in total. The molecule has 0 heteroatoms. The van der Waals surface area contributed by atoms with E-state index in [9.17, 15) is 0 Å². The summed E-state index contributed by atoms with van der Waals surface area (Å²) in [7, 11) is 0. The summed E-state index contributed by atoms with van der Waals surface area (Å²) in [6.45, 7) is 9.89. The van der Waals surface area contributed by atoms with Crippen LogP contribution in [0.15, 0.2) is 133 Å². The molecule has 46 heavy (non-hydrogen) atoms. The van der Waals surface area contributed by atoms with Crippen molar-refractivity contribution in [2.24, 2.45) is 0 Å². The SMILES string of the molecule is CC1(C)c2ccccc2C2C1c1ccc(-c3ccc4ccc5c(-c6ccc7ccccc7c6)ccc6ccc3c4c65)cc1C2(C)C. The van der Waals surface area contributed by atoms with Crippen LogP contribution in [-0.4, -0.2) is 0 Å². The zero-order chi connectivity index (χ0) is 30.9. The zero-order valence-electron chi connectivity index (χ0n) is 26.9. The Labute approximate surface area is 270 Å². The highest BCUT2D eigenvalue weighted by Gasteiger charge is 2.57. The van der Waals surface area contributed by atoms with E-state index in [2.05, 4.69) is 161 Å². The first-order valence-corrected chi connectivity index (χ1v) is 16.8. The van der Waals surface area contributed by atoms with E-state index in [-0.39, 0.29) is 10.8 Å². The maximum absolute atomic E-state index is 2.54. The van der Waals surface area contributed by atoms with Crippen molar-refractivity contribution in [1.29, 1.82) is 0 Å². The Hall–Kier alpha value is -4.94. The number of hydrogen-bond acceptors (Lipinski definition) is 0. The van der Waals surface area contributed by atoms with Crippen molar-refractivity contribution in [3.63, 3.8) is 0 Å². The predicted molar refractivity (Wildman–Crippen MR) is 196 cm³/mol. The summed E-state index contributed by atoms with van der Waals surface area (Å²) in [5.41, 5.74) is 11.5. The summed E-state index contributed by atoms with van der Waals surface area (Å²) in [5, 5.41) is 10.6. The van der Waals surface area contributed by atoms with Gasteiger partial charge in [0.2, 0.25) is 0 Å². The Morgan fingerprint density at radius 3 is 1.59 bits per heavy atom. The molecular formula is C46H36. The molecule has 0 fully saturated rings. The van der Waals surface area contributed by atoms with E-state index >= 15 is 0 Å². The molecule has 0 spiro atoms. The van der Waals surface area contributed by atoms with Crippen LogP contribution in [0.3, 0.4) is 0 Å². The Morgan fingerprint density at radius 2 is 0.891 bits per heavy atom. The maximum atomic E-state index is 2.54. The van der Waals surface area contributed by atoms with Gasteiger partial charge in [-0.3, -0.25) is 0 Å². The van der Waals surface area contributed by atoms with Crippen molar-refractivity contribution in [2.75, 3.05) is 0 Å². The van der Waals surface area contributed by atoms with Crippen LogP contribution in [0.4, 0.5) is 0 Å². The van der Waals surface area contributed by atoms with E-state index in [0.717, 1.165) is 0 Å². The first-order valence-electron chi connectivity index (χ1n) is 16.8. The van der Waals surface area contributed by atoms with E-state index in [1.807, 2.05) is 0 Å². The van der Waals surface area contributed by atoms with Gasteiger partial charge >= 0.3 is 0 Å². The highest BCUT2D eigenvalue weighted by molar-refractivity contribution is 6.27. The van der Waals surface area contributed by atoms with Crippen molar-refractivity contribution >= 4 is 43.1 Å². The van der Waals surface area contributed by atoms with Crippen LogP contribution in [0.25, 0.3) is 65.3 Å². The number of benzene rings is 8. The van der Waals surface area contributed by atoms with E-state index in [4.69, 9.17) is 0 Å². The number of hydrogen-bond donors (Lipinski definition) is 0. The molecule has 220 valence electrons. The Morgan fingerprint density at radius 1 is 0.391 bits per heavy atom. The molecule has 2 aliphatic rings. The summed E-state index contributed by atoms with van der Waals surface area (Å²) in [6.07, 6.45) is 0. The fourth-order valence-corrected chi connectivity index (χ4v) is 9.87. The van der Waals surface area contributed by atoms with Gasteiger partial charge in [-0.15, -0.1) is 0 Å². The van der Waals surface area contributed by atoms with Gasteiger partial charge in [-0.1, -0.05) is 155 Å². The Balaban J connectivity index is 1.17. The minimum absolute atomic E-state index is 0.0540. The van der Waals surface area contributed by atoms with Gasteiger partial charge in [-0.05, 0) is 104 Å². The third-order valence-electron chi connectivity index (χ3n) is 12.0. The molecule has 0 aliphatic heterocycles. The second-order valence-electron chi connectivity index (χ2n) is 15.0. The van der Waals surface area contributed by atoms with Crippen LogP contribution in [-0.2, 0) is 10.8 Å². The van der Waals surface area contributed by atoms with Crippen LogP contribution < -0.4 is 0 Å². The Kier molecular flexibility index (Phi) is 5.06. The van der Waals surface area contributed by atoms with Crippen molar-refractivity contribution in [2.45, 2.75) is 50.4 Å². The molecule has 2 aliphatic carbocycles. The smallest absolute Gasteiger partial charge is 0.00102 e. The standard InChI is InChI=1S/C46H36/c1-45(2)39-12-8-7-11-37(39)43-44(45)38-24-19-32(26-40(38)46(43,3)4)34-21-16-29-17-22-35-33(20-15-28-18-23-36(34)42(29)41(28)35)31-14-13-27-9-5-6-10-30(27)25-31/h5-26,43-44H,1-4H3. The van der Waals surface area contributed by atoms with Gasteiger partial charge < -0.3 is 0 Å². The first-order chi connectivity index (χ1) is 22.3. The van der Waals surface area contributed by atoms with Crippen molar-refractivity contribution in [1.82, 2.24) is 0 Å². The third kappa shape index (κ3) is 3.29. The number of fused-ring (bicyclic) bond motifs is 6. The molecule has 2 atom stereocenters. The monoisotopic (exact) mass is 588 g/mol. The van der Waals surface area contributed by atoms with Gasteiger partial charge in [0.25, 0.3) is 0 Å². The lowest BCUT2D eigenvalue weighted by molar-refractivity contribution is 0.349. The summed E-state index contributed by atoms with van der Waals surface area (Å²) in [5.74, 6) is 0.998. The van der Waals surface area contributed by atoms with Crippen LogP contribution in [0.5, 0.6) is 0 Å². The predicted octanol–water partition coefficient (Wildman–Crippen LogP) is 12.5. The van der Waals surface area contributed by atoms with Gasteiger partial charge in [-0.2, -0.15) is 0 Å². The van der Waals surface area contributed by atoms with E-state index in [0.29, 0.717) is 11.8 Å². The lowest BCUT2D eigenvalue weighted by atomic mass is 9.72. The zero-order valence-corrected chi connectivity index (χ0v) is 26.9. The fraction of sp³-hybridized carbons (Fsp3) is 0.174. The van der Waals surface area contributed by atoms with Crippen LogP contribution in [0.2, 0.25) is 0 Å². The van der Waals surface area contributed by atoms with Crippen molar-refractivity contribution in [3.05, 3.63) is 156 Å². The lowest BCUT2D eigenvalue weighted by Gasteiger charge is -2.31. The summed E-state index contributed by atoms with van der Waals surface area (Å²) in [6, 6.07) is 50.8. The average molecular weight is 589 g/mol. The lowest BCUT2D eigenvalue weighted by Crippen LogP contribution is -2.25. The van der Waals surface area contributed by atoms with Crippen LogP contribution in [0, 0.1) is 0 Å². The molecule has 0 radical (unpaired) electrons. The van der Waals surface area contributed by atoms with Gasteiger partial charge in [0.15, 0.2) is 0 Å². The normalized spacial score (nSPS) is 19.2. The largest absolute Gasteiger partial charge is 0.0620 e. The summed E-state index contributed by atoms with van der Waals surface area (Å²) < 4.78 is 0. The Bertz CT molecular complexity index is 2540. The van der Waals surface area contributed by atoms with Gasteiger partial charge in [-0.25, -0.2) is 0 Å². The highest BCUT2D eigenvalue weighted by atomic mass is 14.6. The van der Waals surface area contributed by atoms with E-state index in [1.54, 1.807) is 5.56 Å². The quantitative estimate of drug-likeness (QED) is 0.176. The molecule has 0 saturated heterocycles. The molecule has 8 aromatic carbocycles. The first kappa shape index (κ1) is 26.3. The number of rotatable bonds is 2. The summed E-state index contributed by atoms with van der Waals surface area (Å²) in [4.78, 5) is 0. The molecule has 0 bridgehead atoms. The van der Waals surface area contributed by atoms with Gasteiger partial charge in [0, 0.05) is 11.8 Å². The minimum Gasteiger partial charge on any atom is -0.0620 e. The molecule has 10 rings (SSSR count). The minimum atomic E-state index is 0.0540. The van der Waals surface area contributed by atoms with Crippen molar-refractivity contribution < 1.29 is 0 Å². The van der Waals surface area contributed by atoms with Crippen molar-refractivity contribution in [3.8, 4) is 22.3 Å².